The van der Waals surface area contributed by atoms with Gasteiger partial charge in [0.15, 0.2) is 9.84 Å². The van der Waals surface area contributed by atoms with Crippen LogP contribution in [-0.2, 0) is 14.6 Å². The van der Waals surface area contributed by atoms with E-state index in [0.29, 0.717) is 25.3 Å². The van der Waals surface area contributed by atoms with Gasteiger partial charge in [0, 0.05) is 18.5 Å². The Labute approximate surface area is 119 Å². The van der Waals surface area contributed by atoms with Crippen LogP contribution in [0.2, 0.25) is 0 Å². The maximum absolute atomic E-state index is 11.6. The molecule has 1 aromatic rings. The van der Waals surface area contributed by atoms with Crippen LogP contribution in [0.4, 0.5) is 0 Å². The molecule has 0 saturated heterocycles. The quantitative estimate of drug-likeness (QED) is 0.717. The predicted molar refractivity (Wildman–Crippen MR) is 76.3 cm³/mol. The average molecular weight is 300 g/mol. The average Bonchev–Trinajstić information content (AvgIpc) is 2.47. The van der Waals surface area contributed by atoms with Crippen LogP contribution in [0.15, 0.2) is 24.5 Å². The van der Waals surface area contributed by atoms with Gasteiger partial charge in [-0.25, -0.2) is 8.42 Å². The zero-order valence-corrected chi connectivity index (χ0v) is 12.5. The van der Waals surface area contributed by atoms with Gasteiger partial charge in [0.1, 0.15) is 11.0 Å². The van der Waals surface area contributed by atoms with Gasteiger partial charge in [-0.15, -0.1) is 0 Å². The third kappa shape index (κ3) is 5.16. The second-order valence-electron chi connectivity index (χ2n) is 4.28. The van der Waals surface area contributed by atoms with E-state index in [4.69, 9.17) is 4.74 Å². The van der Waals surface area contributed by atoms with Crippen molar-refractivity contribution in [1.29, 1.82) is 0 Å². The molecule has 112 valence electrons. The van der Waals surface area contributed by atoms with Crippen LogP contribution in [0.3, 0.4) is 0 Å². The smallest absolute Gasteiger partial charge is 0.238 e. The number of hydrogen-bond acceptors (Lipinski definition) is 5. The van der Waals surface area contributed by atoms with E-state index >= 15 is 0 Å². The van der Waals surface area contributed by atoms with Crippen LogP contribution in [-0.4, -0.2) is 43.5 Å². The summed E-state index contributed by atoms with van der Waals surface area (Å²) in [5, 5.41) is 1.59. The summed E-state index contributed by atoms with van der Waals surface area (Å²) in [5.41, 5.74) is 0. The molecule has 0 aromatic carbocycles. The molecule has 1 amide bonds. The van der Waals surface area contributed by atoms with Crippen molar-refractivity contribution in [2.24, 2.45) is 0 Å². The van der Waals surface area contributed by atoms with E-state index < -0.39 is 21.0 Å². The van der Waals surface area contributed by atoms with Gasteiger partial charge >= 0.3 is 0 Å². The summed E-state index contributed by atoms with van der Waals surface area (Å²) < 4.78 is 28.4. The van der Waals surface area contributed by atoms with E-state index in [0.717, 1.165) is 0 Å². The lowest BCUT2D eigenvalue weighted by Gasteiger charge is -2.12. The van der Waals surface area contributed by atoms with E-state index in [1.165, 1.54) is 13.8 Å². The first kappa shape index (κ1) is 16.4. The summed E-state index contributed by atoms with van der Waals surface area (Å²) in [7, 11) is -3.33. The molecule has 1 heterocycles. The Kier molecular flexibility index (Phi) is 6.44. The molecule has 20 heavy (non-hydrogen) atoms. The topological polar surface area (TPSA) is 85.4 Å². The minimum absolute atomic E-state index is 0.0360. The van der Waals surface area contributed by atoms with E-state index in [1.807, 2.05) is 0 Å². The Morgan fingerprint density at radius 3 is 2.85 bits per heavy atom. The van der Waals surface area contributed by atoms with Crippen LogP contribution >= 0.6 is 0 Å². The number of sulfone groups is 1. The Morgan fingerprint density at radius 1 is 1.50 bits per heavy atom. The first-order chi connectivity index (χ1) is 9.47. The Bertz CT molecular complexity index is 516. The van der Waals surface area contributed by atoms with Crippen LogP contribution in [0.5, 0.6) is 5.75 Å². The highest BCUT2D eigenvalue weighted by Gasteiger charge is 2.25. The minimum Gasteiger partial charge on any atom is -0.492 e. The molecule has 0 fully saturated rings. The Balaban J connectivity index is 2.23. The lowest BCUT2D eigenvalue weighted by atomic mass is 10.4. The van der Waals surface area contributed by atoms with Gasteiger partial charge in [-0.2, -0.15) is 0 Å². The highest BCUT2D eigenvalue weighted by Crippen LogP contribution is 2.06. The third-order valence-electron chi connectivity index (χ3n) is 2.83. The predicted octanol–water partition coefficient (Wildman–Crippen LogP) is 0.790. The van der Waals surface area contributed by atoms with Crippen LogP contribution < -0.4 is 10.1 Å². The number of rotatable bonds is 8. The molecule has 1 N–H and O–H groups in total. The van der Waals surface area contributed by atoms with Crippen LogP contribution in [0, 0.1) is 0 Å². The molecule has 7 heteroatoms. The molecular formula is C13H20N2O4S. The van der Waals surface area contributed by atoms with Crippen LogP contribution in [0.1, 0.15) is 20.3 Å². The van der Waals surface area contributed by atoms with E-state index in [9.17, 15) is 13.2 Å². The molecule has 0 saturated carbocycles. The summed E-state index contributed by atoms with van der Waals surface area (Å²) in [6.07, 6.45) is 3.86. The molecule has 0 spiro atoms. The van der Waals surface area contributed by atoms with E-state index in [-0.39, 0.29) is 5.75 Å². The zero-order chi connectivity index (χ0) is 15.0. The maximum Gasteiger partial charge on any atom is 0.238 e. The molecule has 1 atom stereocenters. The molecular weight excluding hydrogens is 280 g/mol. The SMILES string of the molecule is CCS(=O)(=O)[C@@H](C)C(=O)NCCCOc1cccnc1. The molecule has 6 nitrogen and oxygen atoms in total. The summed E-state index contributed by atoms with van der Waals surface area (Å²) in [5.74, 6) is 0.167. The van der Waals surface area contributed by atoms with Gasteiger partial charge in [0.05, 0.1) is 12.8 Å². The largest absolute Gasteiger partial charge is 0.492 e. The van der Waals surface area contributed by atoms with Crippen molar-refractivity contribution < 1.29 is 17.9 Å². The first-order valence-electron chi connectivity index (χ1n) is 6.49. The van der Waals surface area contributed by atoms with Crippen molar-refractivity contribution in [3.63, 3.8) is 0 Å². The van der Waals surface area contributed by atoms with Gasteiger partial charge in [-0.05, 0) is 25.5 Å². The number of nitrogens with one attached hydrogen (secondary N) is 1. The van der Waals surface area contributed by atoms with Crippen molar-refractivity contribution in [2.45, 2.75) is 25.5 Å². The minimum atomic E-state index is -3.33. The van der Waals surface area contributed by atoms with E-state index in [1.54, 1.807) is 24.5 Å². The molecule has 0 aliphatic rings. The van der Waals surface area contributed by atoms with Gasteiger partial charge in [-0.3, -0.25) is 9.78 Å². The fourth-order valence-electron chi connectivity index (χ4n) is 1.46. The van der Waals surface area contributed by atoms with E-state index in [2.05, 4.69) is 10.3 Å². The third-order valence-corrected chi connectivity index (χ3v) is 4.93. The van der Waals surface area contributed by atoms with Crippen molar-refractivity contribution in [2.75, 3.05) is 18.9 Å². The lowest BCUT2D eigenvalue weighted by molar-refractivity contribution is -0.120. The van der Waals surface area contributed by atoms with Crippen molar-refractivity contribution in [3.05, 3.63) is 24.5 Å². The van der Waals surface area contributed by atoms with Crippen LogP contribution in [0.25, 0.3) is 0 Å². The van der Waals surface area contributed by atoms with Gasteiger partial charge in [0.25, 0.3) is 0 Å². The number of pyridine rings is 1. The molecule has 1 aromatic heterocycles. The Morgan fingerprint density at radius 2 is 2.25 bits per heavy atom. The van der Waals surface area contributed by atoms with Crippen molar-refractivity contribution >= 4 is 15.7 Å². The number of hydrogen-bond donors (Lipinski definition) is 1. The molecule has 1 rings (SSSR count). The molecule has 0 aliphatic carbocycles. The normalized spacial score (nSPS) is 12.7. The summed E-state index contributed by atoms with van der Waals surface area (Å²) in [4.78, 5) is 15.6. The summed E-state index contributed by atoms with van der Waals surface area (Å²) >= 11 is 0. The number of carbonyl (C=O) groups excluding carboxylic acids is 1. The second kappa shape index (κ2) is 7.84. The number of ether oxygens (including phenoxy) is 1. The molecule has 0 unspecified atom stereocenters. The van der Waals surface area contributed by atoms with Crippen molar-refractivity contribution in [3.8, 4) is 5.75 Å². The number of aromatic nitrogens is 1. The number of carbonyl (C=O) groups is 1. The monoisotopic (exact) mass is 300 g/mol. The lowest BCUT2D eigenvalue weighted by Crippen LogP contribution is -2.39. The molecule has 0 bridgehead atoms. The maximum atomic E-state index is 11.6. The standard InChI is InChI=1S/C13H20N2O4S/c1-3-20(17,18)11(2)13(16)15-8-5-9-19-12-6-4-7-14-10-12/h4,6-7,10-11H,3,5,8-9H2,1-2H3,(H,15,16)/t11-/m0/s1. The van der Waals surface area contributed by atoms with Gasteiger partial charge < -0.3 is 10.1 Å². The zero-order valence-electron chi connectivity index (χ0n) is 11.7. The summed E-state index contributed by atoms with van der Waals surface area (Å²) in [6.45, 7) is 3.74. The Hall–Kier alpha value is -1.63. The fraction of sp³-hybridized carbons (Fsp3) is 0.538. The molecule has 0 radical (unpaired) electrons. The van der Waals surface area contributed by atoms with Gasteiger partial charge in [-0.1, -0.05) is 6.92 Å². The van der Waals surface area contributed by atoms with Gasteiger partial charge in [0.2, 0.25) is 5.91 Å². The number of amides is 1. The van der Waals surface area contributed by atoms with Crippen molar-refractivity contribution in [1.82, 2.24) is 10.3 Å². The molecule has 0 aliphatic heterocycles. The highest BCUT2D eigenvalue weighted by atomic mass is 32.2. The second-order valence-corrected chi connectivity index (χ2v) is 6.89. The fourth-order valence-corrected chi connectivity index (χ4v) is 2.37. The first-order valence-corrected chi connectivity index (χ1v) is 8.21. The summed E-state index contributed by atoms with van der Waals surface area (Å²) in [6, 6.07) is 3.57. The number of nitrogens with zero attached hydrogens (tertiary/aromatic N) is 1. The highest BCUT2D eigenvalue weighted by molar-refractivity contribution is 7.92.